The van der Waals surface area contributed by atoms with Gasteiger partial charge < -0.3 is 24.6 Å². The van der Waals surface area contributed by atoms with Crippen molar-refractivity contribution in [1.29, 1.82) is 0 Å². The van der Waals surface area contributed by atoms with E-state index in [9.17, 15) is 9.90 Å². The zero-order chi connectivity index (χ0) is 16.9. The van der Waals surface area contributed by atoms with Crippen LogP contribution < -0.4 is 10.6 Å². The molecular weight excluding hydrogens is 308 g/mol. The summed E-state index contributed by atoms with van der Waals surface area (Å²) in [5.41, 5.74) is 2.45. The van der Waals surface area contributed by atoms with Crippen LogP contribution in [0, 0.1) is 6.92 Å². The van der Waals surface area contributed by atoms with Crippen LogP contribution in [0.2, 0.25) is 0 Å². The molecule has 3 aromatic rings. The van der Waals surface area contributed by atoms with E-state index in [4.69, 9.17) is 8.83 Å². The fraction of sp³-hybridized carbons (Fsp3) is 0.167. The van der Waals surface area contributed by atoms with Crippen LogP contribution in [0.3, 0.4) is 0 Å². The molecule has 3 N–H and O–H groups in total. The SMILES string of the molecule is Cc1cc(C(=O)O)c(NCc2ccco2)cc1NCc1ccco1. The van der Waals surface area contributed by atoms with Crippen molar-refractivity contribution >= 4 is 17.3 Å². The predicted octanol–water partition coefficient (Wildman–Crippen LogP) is 4.10. The lowest BCUT2D eigenvalue weighted by Crippen LogP contribution is -2.09. The second-order valence-corrected chi connectivity index (χ2v) is 5.38. The van der Waals surface area contributed by atoms with E-state index in [2.05, 4.69) is 10.6 Å². The molecular formula is C18H18N2O4. The summed E-state index contributed by atoms with van der Waals surface area (Å²) in [6.07, 6.45) is 3.20. The maximum absolute atomic E-state index is 11.5. The number of aromatic carboxylic acids is 1. The average molecular weight is 326 g/mol. The Morgan fingerprint density at radius 1 is 1.00 bits per heavy atom. The second kappa shape index (κ2) is 6.95. The molecule has 0 bridgehead atoms. The molecule has 0 saturated heterocycles. The number of carboxylic acid groups (broad SMARTS) is 1. The third-order valence-electron chi connectivity index (χ3n) is 3.66. The summed E-state index contributed by atoms with van der Waals surface area (Å²) in [6.45, 7) is 2.80. The van der Waals surface area contributed by atoms with Crippen molar-refractivity contribution < 1.29 is 18.7 Å². The lowest BCUT2D eigenvalue weighted by molar-refractivity contribution is 0.0698. The van der Waals surface area contributed by atoms with E-state index in [1.165, 1.54) is 0 Å². The van der Waals surface area contributed by atoms with Gasteiger partial charge in [-0.1, -0.05) is 0 Å². The van der Waals surface area contributed by atoms with E-state index in [1.807, 2.05) is 25.1 Å². The topological polar surface area (TPSA) is 87.6 Å². The molecule has 2 heterocycles. The van der Waals surface area contributed by atoms with Crippen LogP contribution in [0.4, 0.5) is 11.4 Å². The smallest absolute Gasteiger partial charge is 0.337 e. The van der Waals surface area contributed by atoms with Crippen LogP contribution in [0.15, 0.2) is 57.8 Å². The molecule has 24 heavy (non-hydrogen) atoms. The van der Waals surface area contributed by atoms with Gasteiger partial charge in [0, 0.05) is 5.69 Å². The Morgan fingerprint density at radius 2 is 1.58 bits per heavy atom. The second-order valence-electron chi connectivity index (χ2n) is 5.38. The molecule has 0 fully saturated rings. The molecule has 6 nitrogen and oxygen atoms in total. The van der Waals surface area contributed by atoms with Gasteiger partial charge in [0.25, 0.3) is 0 Å². The molecule has 6 heteroatoms. The molecule has 3 rings (SSSR count). The summed E-state index contributed by atoms with van der Waals surface area (Å²) in [5.74, 6) is 0.566. The van der Waals surface area contributed by atoms with Gasteiger partial charge in [0.2, 0.25) is 0 Å². The molecule has 2 aromatic heterocycles. The van der Waals surface area contributed by atoms with Gasteiger partial charge in [-0.2, -0.15) is 0 Å². The van der Waals surface area contributed by atoms with Crippen molar-refractivity contribution in [2.24, 2.45) is 0 Å². The number of anilines is 2. The first-order valence-electron chi connectivity index (χ1n) is 7.54. The number of hydrogen-bond donors (Lipinski definition) is 3. The fourth-order valence-electron chi connectivity index (χ4n) is 2.41. The van der Waals surface area contributed by atoms with E-state index in [0.29, 0.717) is 18.8 Å². The van der Waals surface area contributed by atoms with Gasteiger partial charge in [-0.3, -0.25) is 0 Å². The highest BCUT2D eigenvalue weighted by atomic mass is 16.4. The first kappa shape index (κ1) is 15.7. The molecule has 0 amide bonds. The summed E-state index contributed by atoms with van der Waals surface area (Å²) < 4.78 is 10.6. The zero-order valence-corrected chi connectivity index (χ0v) is 13.2. The maximum atomic E-state index is 11.5. The van der Waals surface area contributed by atoms with E-state index in [0.717, 1.165) is 22.8 Å². The lowest BCUT2D eigenvalue weighted by atomic mass is 10.1. The molecule has 0 saturated carbocycles. The quantitative estimate of drug-likeness (QED) is 0.606. The largest absolute Gasteiger partial charge is 0.478 e. The molecule has 0 atom stereocenters. The normalized spacial score (nSPS) is 10.5. The Bertz CT molecular complexity index is 808. The Morgan fingerprint density at radius 3 is 2.08 bits per heavy atom. The monoisotopic (exact) mass is 326 g/mol. The number of rotatable bonds is 7. The van der Waals surface area contributed by atoms with Crippen LogP contribution in [-0.4, -0.2) is 11.1 Å². The molecule has 0 unspecified atom stereocenters. The number of carboxylic acids is 1. The van der Waals surface area contributed by atoms with Crippen molar-refractivity contribution in [3.8, 4) is 0 Å². The highest BCUT2D eigenvalue weighted by molar-refractivity contribution is 5.95. The van der Waals surface area contributed by atoms with Gasteiger partial charge >= 0.3 is 5.97 Å². The van der Waals surface area contributed by atoms with Gasteiger partial charge in [-0.05, 0) is 48.9 Å². The van der Waals surface area contributed by atoms with Crippen LogP contribution in [0.25, 0.3) is 0 Å². The number of furan rings is 2. The van der Waals surface area contributed by atoms with Crippen molar-refractivity contribution in [3.05, 3.63) is 71.6 Å². The van der Waals surface area contributed by atoms with Crippen LogP contribution >= 0.6 is 0 Å². The first-order chi connectivity index (χ1) is 11.6. The molecule has 0 aliphatic carbocycles. The fourth-order valence-corrected chi connectivity index (χ4v) is 2.41. The number of carbonyl (C=O) groups is 1. The van der Waals surface area contributed by atoms with Crippen molar-refractivity contribution in [3.63, 3.8) is 0 Å². The molecule has 124 valence electrons. The minimum Gasteiger partial charge on any atom is -0.478 e. The number of aryl methyl sites for hydroxylation is 1. The van der Waals surface area contributed by atoms with E-state index in [-0.39, 0.29) is 5.56 Å². The van der Waals surface area contributed by atoms with Crippen LogP contribution in [0.1, 0.15) is 27.4 Å². The summed E-state index contributed by atoms with van der Waals surface area (Å²) >= 11 is 0. The van der Waals surface area contributed by atoms with E-state index < -0.39 is 5.97 Å². The number of hydrogen-bond acceptors (Lipinski definition) is 5. The molecule has 1 aromatic carbocycles. The van der Waals surface area contributed by atoms with Gasteiger partial charge in [0.1, 0.15) is 11.5 Å². The maximum Gasteiger partial charge on any atom is 0.337 e. The number of benzene rings is 1. The first-order valence-corrected chi connectivity index (χ1v) is 7.54. The minimum atomic E-state index is -0.974. The van der Waals surface area contributed by atoms with Gasteiger partial charge in [-0.15, -0.1) is 0 Å². The Labute approximate surface area is 139 Å². The van der Waals surface area contributed by atoms with Gasteiger partial charge in [0.05, 0.1) is 36.9 Å². The highest BCUT2D eigenvalue weighted by Crippen LogP contribution is 2.26. The third kappa shape index (κ3) is 3.60. The van der Waals surface area contributed by atoms with E-state index >= 15 is 0 Å². The summed E-state index contributed by atoms with van der Waals surface area (Å²) in [4.78, 5) is 11.5. The van der Waals surface area contributed by atoms with Crippen molar-refractivity contribution in [2.75, 3.05) is 10.6 Å². The standard InChI is InChI=1S/C18H18N2O4/c1-12-8-15(18(21)22)17(20-11-14-5-3-7-24-14)9-16(12)19-10-13-4-2-6-23-13/h2-9,19-20H,10-11H2,1H3,(H,21,22). The Kier molecular flexibility index (Phi) is 4.56. The van der Waals surface area contributed by atoms with Crippen LogP contribution in [0.5, 0.6) is 0 Å². The minimum absolute atomic E-state index is 0.225. The van der Waals surface area contributed by atoms with Crippen molar-refractivity contribution in [1.82, 2.24) is 0 Å². The van der Waals surface area contributed by atoms with Crippen molar-refractivity contribution in [2.45, 2.75) is 20.0 Å². The van der Waals surface area contributed by atoms with E-state index in [1.54, 1.807) is 30.7 Å². The number of nitrogens with one attached hydrogen (secondary N) is 2. The lowest BCUT2D eigenvalue weighted by Gasteiger charge is -2.14. The zero-order valence-electron chi connectivity index (χ0n) is 13.2. The predicted molar refractivity (Wildman–Crippen MR) is 90.2 cm³/mol. The third-order valence-corrected chi connectivity index (χ3v) is 3.66. The summed E-state index contributed by atoms with van der Waals surface area (Å²) in [6, 6.07) is 10.8. The Balaban J connectivity index is 1.81. The summed E-state index contributed by atoms with van der Waals surface area (Å²) in [7, 11) is 0. The Hall–Kier alpha value is -3.15. The van der Waals surface area contributed by atoms with Gasteiger partial charge in [0.15, 0.2) is 0 Å². The average Bonchev–Trinajstić information content (AvgIpc) is 3.25. The molecule has 0 spiro atoms. The van der Waals surface area contributed by atoms with Gasteiger partial charge in [-0.25, -0.2) is 4.79 Å². The van der Waals surface area contributed by atoms with Crippen LogP contribution in [-0.2, 0) is 13.1 Å². The molecule has 0 aliphatic rings. The molecule has 0 aliphatic heterocycles. The highest BCUT2D eigenvalue weighted by Gasteiger charge is 2.14. The molecule has 0 radical (unpaired) electrons. The summed E-state index contributed by atoms with van der Waals surface area (Å²) in [5, 5.41) is 15.8.